The van der Waals surface area contributed by atoms with Gasteiger partial charge in [0.25, 0.3) is 0 Å². The molecule has 0 heterocycles. The van der Waals surface area contributed by atoms with E-state index in [0.29, 0.717) is 16.2 Å². The summed E-state index contributed by atoms with van der Waals surface area (Å²) in [6.07, 6.45) is -1.28. The van der Waals surface area contributed by atoms with E-state index < -0.39 is 33.7 Å². The monoisotopic (exact) mass is 390 g/mol. The molecule has 2 rings (SSSR count). The molecule has 0 saturated heterocycles. The lowest BCUT2D eigenvalue weighted by Gasteiger charge is -2.26. The molecule has 0 radical (unpaired) electrons. The summed E-state index contributed by atoms with van der Waals surface area (Å²) in [5, 5.41) is 9.61. The lowest BCUT2D eigenvalue weighted by atomic mass is 10.1. The predicted octanol–water partition coefficient (Wildman–Crippen LogP) is 3.56. The maximum Gasteiger partial charge on any atom is 0.325 e. The van der Waals surface area contributed by atoms with Crippen molar-refractivity contribution in [1.29, 1.82) is 0 Å². The van der Waals surface area contributed by atoms with E-state index in [4.69, 9.17) is 9.47 Å². The van der Waals surface area contributed by atoms with Crippen LogP contribution >= 0.6 is 0 Å². The van der Waals surface area contributed by atoms with E-state index in [2.05, 4.69) is 0 Å². The van der Waals surface area contributed by atoms with E-state index in [-0.39, 0.29) is 0 Å². The van der Waals surface area contributed by atoms with Gasteiger partial charge in [0, 0.05) is 4.90 Å². The Kier molecular flexibility index (Phi) is 6.78. The third kappa shape index (κ3) is 5.65. The van der Waals surface area contributed by atoms with Gasteiger partial charge in [0.15, 0.2) is 5.25 Å². The van der Waals surface area contributed by atoms with Crippen LogP contribution in [0, 0.1) is 6.92 Å². The SMILES string of the molecule is COc1ccc([C@@H](O)[C@@H](C(=O)OC(C)(C)C)S(=O)c2ccc(C)cc2)cc1. The number of methoxy groups -OCH3 is 1. The second-order valence-electron chi connectivity index (χ2n) is 7.28. The van der Waals surface area contributed by atoms with E-state index in [1.54, 1.807) is 64.3 Å². The number of esters is 1. The first-order valence-electron chi connectivity index (χ1n) is 8.64. The van der Waals surface area contributed by atoms with Crippen molar-refractivity contribution in [2.75, 3.05) is 7.11 Å². The van der Waals surface area contributed by atoms with Gasteiger partial charge in [-0.2, -0.15) is 0 Å². The molecule has 0 aliphatic rings. The van der Waals surface area contributed by atoms with Crippen LogP contribution in [0.5, 0.6) is 5.75 Å². The third-order valence-corrected chi connectivity index (χ3v) is 5.52. The summed E-state index contributed by atoms with van der Waals surface area (Å²) in [5.41, 5.74) is 0.722. The number of hydrogen-bond donors (Lipinski definition) is 1. The zero-order valence-electron chi connectivity index (χ0n) is 16.3. The minimum Gasteiger partial charge on any atom is -0.497 e. The minimum absolute atomic E-state index is 0.462. The lowest BCUT2D eigenvalue weighted by molar-refractivity contribution is -0.156. The van der Waals surface area contributed by atoms with E-state index in [9.17, 15) is 14.1 Å². The molecule has 0 amide bonds. The number of aryl methyl sites for hydroxylation is 1. The zero-order valence-corrected chi connectivity index (χ0v) is 17.1. The van der Waals surface area contributed by atoms with Crippen molar-refractivity contribution in [3.05, 3.63) is 59.7 Å². The fourth-order valence-corrected chi connectivity index (χ4v) is 3.80. The highest BCUT2D eigenvalue weighted by Gasteiger charge is 2.37. The van der Waals surface area contributed by atoms with Crippen LogP contribution in [0.25, 0.3) is 0 Å². The Hall–Kier alpha value is -2.18. The van der Waals surface area contributed by atoms with Gasteiger partial charge in [-0.1, -0.05) is 29.8 Å². The van der Waals surface area contributed by atoms with Crippen molar-refractivity contribution >= 4 is 16.8 Å². The number of rotatable bonds is 6. The molecule has 0 bridgehead atoms. The Balaban J connectivity index is 2.39. The highest BCUT2D eigenvalue weighted by molar-refractivity contribution is 7.86. The van der Waals surface area contributed by atoms with Crippen LogP contribution in [0.3, 0.4) is 0 Å². The summed E-state index contributed by atoms with van der Waals surface area (Å²) in [6, 6.07) is 13.7. The molecule has 2 aromatic carbocycles. The molecule has 0 aliphatic heterocycles. The number of benzene rings is 2. The summed E-state index contributed by atoms with van der Waals surface area (Å²) < 4.78 is 23.7. The summed E-state index contributed by atoms with van der Waals surface area (Å²) in [6.45, 7) is 7.12. The largest absolute Gasteiger partial charge is 0.497 e. The van der Waals surface area contributed by atoms with E-state index in [1.165, 1.54) is 0 Å². The van der Waals surface area contributed by atoms with Gasteiger partial charge in [-0.25, -0.2) is 0 Å². The van der Waals surface area contributed by atoms with Gasteiger partial charge in [-0.15, -0.1) is 0 Å². The molecule has 0 saturated carbocycles. The number of carbonyl (C=O) groups is 1. The number of ether oxygens (including phenoxy) is 2. The number of hydrogen-bond acceptors (Lipinski definition) is 5. The Labute approximate surface area is 162 Å². The zero-order chi connectivity index (χ0) is 20.2. The van der Waals surface area contributed by atoms with Gasteiger partial charge in [-0.3, -0.25) is 9.00 Å². The van der Waals surface area contributed by atoms with E-state index in [0.717, 1.165) is 5.56 Å². The molecule has 0 spiro atoms. The molecule has 146 valence electrons. The van der Waals surface area contributed by atoms with Crippen LogP contribution < -0.4 is 4.74 Å². The van der Waals surface area contributed by atoms with Crippen molar-refractivity contribution in [3.63, 3.8) is 0 Å². The quantitative estimate of drug-likeness (QED) is 0.764. The maximum atomic E-state index is 13.1. The standard InChI is InChI=1S/C21H26O5S/c1-14-6-12-17(13-7-14)27(24)19(20(23)26-21(2,3)4)18(22)15-8-10-16(25-5)11-9-15/h6-13,18-19,22H,1-5H3/t18-,19+,27?/m1/s1. The molecule has 2 aromatic rings. The van der Waals surface area contributed by atoms with Gasteiger partial charge >= 0.3 is 5.97 Å². The van der Waals surface area contributed by atoms with Gasteiger partial charge in [0.2, 0.25) is 0 Å². The molecule has 5 nitrogen and oxygen atoms in total. The average molecular weight is 391 g/mol. The molecular weight excluding hydrogens is 364 g/mol. The number of aliphatic hydroxyl groups excluding tert-OH is 1. The van der Waals surface area contributed by atoms with Crippen LogP contribution in [-0.2, 0) is 20.3 Å². The number of carbonyl (C=O) groups excluding carboxylic acids is 1. The van der Waals surface area contributed by atoms with Crippen LogP contribution in [0.2, 0.25) is 0 Å². The first-order chi connectivity index (χ1) is 12.6. The molecule has 1 unspecified atom stereocenters. The summed E-state index contributed by atoms with van der Waals surface area (Å²) >= 11 is 0. The Bertz CT molecular complexity index is 791. The highest BCUT2D eigenvalue weighted by Crippen LogP contribution is 2.28. The Morgan fingerprint density at radius 3 is 2.07 bits per heavy atom. The Morgan fingerprint density at radius 2 is 1.59 bits per heavy atom. The van der Waals surface area contributed by atoms with Crippen LogP contribution in [0.15, 0.2) is 53.4 Å². The molecule has 6 heteroatoms. The third-order valence-electron chi connectivity index (χ3n) is 3.87. The predicted molar refractivity (Wildman–Crippen MR) is 105 cm³/mol. The maximum absolute atomic E-state index is 13.1. The fraction of sp³-hybridized carbons (Fsp3) is 0.381. The van der Waals surface area contributed by atoms with Gasteiger partial charge < -0.3 is 14.6 Å². The normalized spacial score (nSPS) is 14.9. The smallest absolute Gasteiger partial charge is 0.325 e. The molecule has 0 aromatic heterocycles. The summed E-state index contributed by atoms with van der Waals surface area (Å²) in [7, 11) is -0.245. The first-order valence-corrected chi connectivity index (χ1v) is 9.86. The van der Waals surface area contributed by atoms with Crippen LogP contribution in [-0.4, -0.2) is 33.2 Å². The first kappa shape index (κ1) is 21.1. The lowest BCUT2D eigenvalue weighted by Crippen LogP contribution is -2.38. The van der Waals surface area contributed by atoms with Crippen molar-refractivity contribution in [3.8, 4) is 5.75 Å². The second-order valence-corrected chi connectivity index (χ2v) is 8.86. The second kappa shape index (κ2) is 8.67. The Morgan fingerprint density at radius 1 is 1.04 bits per heavy atom. The average Bonchev–Trinajstić information content (AvgIpc) is 2.60. The van der Waals surface area contributed by atoms with Crippen molar-refractivity contribution in [2.24, 2.45) is 0 Å². The fourth-order valence-electron chi connectivity index (χ4n) is 2.49. The van der Waals surface area contributed by atoms with Gasteiger partial charge in [0.05, 0.1) is 17.9 Å². The van der Waals surface area contributed by atoms with E-state index >= 15 is 0 Å². The topological polar surface area (TPSA) is 72.8 Å². The van der Waals surface area contributed by atoms with Gasteiger partial charge in [-0.05, 0) is 57.5 Å². The van der Waals surface area contributed by atoms with Crippen LogP contribution in [0.4, 0.5) is 0 Å². The van der Waals surface area contributed by atoms with Gasteiger partial charge in [0.1, 0.15) is 17.5 Å². The van der Waals surface area contributed by atoms with Crippen LogP contribution in [0.1, 0.15) is 38.0 Å². The molecule has 1 N–H and O–H groups in total. The minimum atomic E-state index is -1.79. The summed E-state index contributed by atoms with van der Waals surface area (Å²) in [5.74, 6) is -0.0795. The molecule has 3 atom stereocenters. The molecule has 0 aliphatic carbocycles. The highest BCUT2D eigenvalue weighted by atomic mass is 32.2. The van der Waals surface area contributed by atoms with Crippen molar-refractivity contribution < 1.29 is 23.6 Å². The molecule has 0 fully saturated rings. The summed E-state index contributed by atoms with van der Waals surface area (Å²) in [4.78, 5) is 13.2. The molecular formula is C21H26O5S. The number of aliphatic hydroxyl groups is 1. The van der Waals surface area contributed by atoms with E-state index in [1.807, 2.05) is 19.1 Å². The van der Waals surface area contributed by atoms with Crippen molar-refractivity contribution in [1.82, 2.24) is 0 Å². The molecule has 27 heavy (non-hydrogen) atoms. The van der Waals surface area contributed by atoms with Crippen molar-refractivity contribution in [2.45, 2.75) is 49.5 Å².